The highest BCUT2D eigenvalue weighted by molar-refractivity contribution is 5.94. The molecule has 0 aromatic heterocycles. The molecule has 110 valence electrons. The summed E-state index contributed by atoms with van der Waals surface area (Å²) in [4.78, 5) is 24.2. The van der Waals surface area contributed by atoms with Crippen LogP contribution in [0.2, 0.25) is 0 Å². The van der Waals surface area contributed by atoms with Crippen molar-refractivity contribution in [3.05, 3.63) is 39.9 Å². The third-order valence-corrected chi connectivity index (χ3v) is 3.58. The molecule has 0 bridgehead atoms. The molecule has 2 unspecified atom stereocenters. The van der Waals surface area contributed by atoms with E-state index in [9.17, 15) is 14.9 Å². The zero-order chi connectivity index (χ0) is 14.0. The minimum Gasteiger partial charge on any atom is -0.336 e. The predicted octanol–water partition coefficient (Wildman–Crippen LogP) is 1.83. The highest BCUT2D eigenvalue weighted by Gasteiger charge is 2.32. The number of nitrogens with zero attached hydrogens (tertiary/aromatic N) is 2. The average Bonchev–Trinajstić information content (AvgIpc) is 2.79. The number of carbonyl (C=O) groups excluding carboxylic acids is 1. The molecule has 0 saturated carbocycles. The highest BCUT2D eigenvalue weighted by Crippen LogP contribution is 2.24. The summed E-state index contributed by atoms with van der Waals surface area (Å²) in [6.45, 7) is 3.24. The summed E-state index contributed by atoms with van der Waals surface area (Å²) in [5.74, 6) is 0.260. The molecule has 1 aromatic carbocycles. The van der Waals surface area contributed by atoms with E-state index in [-0.39, 0.29) is 30.0 Å². The fraction of sp³-hybridized carbons (Fsp3) is 0.462. The summed E-state index contributed by atoms with van der Waals surface area (Å²) >= 11 is 0. The zero-order valence-electron chi connectivity index (χ0n) is 11.2. The molecule has 1 amide bonds. The maximum atomic E-state index is 12.3. The molecule has 6 nitrogen and oxygen atoms in total. The number of halogens is 1. The van der Waals surface area contributed by atoms with Crippen LogP contribution < -0.4 is 5.73 Å². The summed E-state index contributed by atoms with van der Waals surface area (Å²) < 4.78 is 0. The smallest absolute Gasteiger partial charge is 0.269 e. The van der Waals surface area contributed by atoms with E-state index in [1.54, 1.807) is 4.90 Å². The van der Waals surface area contributed by atoms with Crippen molar-refractivity contribution in [3.8, 4) is 0 Å². The monoisotopic (exact) mass is 299 g/mol. The molecule has 2 rings (SSSR count). The van der Waals surface area contributed by atoms with Gasteiger partial charge >= 0.3 is 0 Å². The normalized spacial score (nSPS) is 21.4. The molecule has 1 heterocycles. The van der Waals surface area contributed by atoms with Crippen molar-refractivity contribution in [1.82, 2.24) is 4.90 Å². The Labute approximate surface area is 123 Å². The Morgan fingerprint density at radius 3 is 2.50 bits per heavy atom. The Kier molecular flexibility index (Phi) is 5.47. The Morgan fingerprint density at radius 2 is 2.05 bits per heavy atom. The third-order valence-electron chi connectivity index (χ3n) is 3.58. The summed E-state index contributed by atoms with van der Waals surface area (Å²) in [5.41, 5.74) is 6.11. The van der Waals surface area contributed by atoms with Gasteiger partial charge in [0.1, 0.15) is 0 Å². The van der Waals surface area contributed by atoms with Crippen LogP contribution in [0.3, 0.4) is 0 Å². The number of non-ortho nitro benzene ring substituents is 1. The molecule has 1 saturated heterocycles. The van der Waals surface area contributed by atoms with Gasteiger partial charge < -0.3 is 10.6 Å². The number of rotatable bonds is 3. The molecule has 0 radical (unpaired) electrons. The van der Waals surface area contributed by atoms with Gasteiger partial charge in [-0.2, -0.15) is 0 Å². The molecule has 1 aliphatic rings. The fourth-order valence-corrected chi connectivity index (χ4v) is 2.49. The second-order valence-corrected chi connectivity index (χ2v) is 4.95. The average molecular weight is 300 g/mol. The molecule has 7 heteroatoms. The van der Waals surface area contributed by atoms with Gasteiger partial charge in [-0.05, 0) is 37.9 Å². The predicted molar refractivity (Wildman–Crippen MR) is 78.0 cm³/mol. The van der Waals surface area contributed by atoms with Gasteiger partial charge in [0.2, 0.25) is 0 Å². The number of nitro benzene ring substituents is 1. The van der Waals surface area contributed by atoms with Crippen molar-refractivity contribution in [1.29, 1.82) is 0 Å². The maximum Gasteiger partial charge on any atom is 0.269 e. The first-order valence-corrected chi connectivity index (χ1v) is 6.28. The van der Waals surface area contributed by atoms with Crippen molar-refractivity contribution in [2.75, 3.05) is 13.1 Å². The summed E-state index contributed by atoms with van der Waals surface area (Å²) in [6, 6.07) is 5.88. The van der Waals surface area contributed by atoms with E-state index in [4.69, 9.17) is 5.73 Å². The minimum atomic E-state index is -0.475. The SMILES string of the molecule is CC1CC(CN)CN1C(=O)c1ccc([N+](=O)[O-])cc1.Cl. The van der Waals surface area contributed by atoms with Gasteiger partial charge in [0.05, 0.1) is 4.92 Å². The van der Waals surface area contributed by atoms with Crippen molar-refractivity contribution in [3.63, 3.8) is 0 Å². The van der Waals surface area contributed by atoms with E-state index >= 15 is 0 Å². The van der Waals surface area contributed by atoms with E-state index in [1.807, 2.05) is 6.92 Å². The standard InChI is InChI=1S/C13H17N3O3.ClH/c1-9-6-10(7-14)8-15(9)13(17)11-2-4-12(5-3-11)16(18)19;/h2-5,9-10H,6-8,14H2,1H3;1H. The lowest BCUT2D eigenvalue weighted by atomic mass is 10.1. The van der Waals surface area contributed by atoms with Crippen LogP contribution in [0.1, 0.15) is 23.7 Å². The number of hydrogen-bond donors (Lipinski definition) is 1. The number of hydrogen-bond acceptors (Lipinski definition) is 4. The minimum absolute atomic E-state index is 0. The molecule has 1 aromatic rings. The maximum absolute atomic E-state index is 12.3. The lowest BCUT2D eigenvalue weighted by Gasteiger charge is -2.21. The van der Waals surface area contributed by atoms with Crippen molar-refractivity contribution >= 4 is 24.0 Å². The molecular formula is C13H18ClN3O3. The van der Waals surface area contributed by atoms with Crippen LogP contribution in [0, 0.1) is 16.0 Å². The van der Waals surface area contributed by atoms with Crippen LogP contribution in [-0.4, -0.2) is 34.9 Å². The molecule has 1 aliphatic heterocycles. The molecule has 2 atom stereocenters. The van der Waals surface area contributed by atoms with Gasteiger partial charge in [-0.3, -0.25) is 14.9 Å². The Hall–Kier alpha value is -1.66. The highest BCUT2D eigenvalue weighted by atomic mass is 35.5. The van der Waals surface area contributed by atoms with Gasteiger partial charge in [0.25, 0.3) is 11.6 Å². The quantitative estimate of drug-likeness (QED) is 0.681. The second-order valence-electron chi connectivity index (χ2n) is 4.95. The number of carbonyl (C=O) groups is 1. The van der Waals surface area contributed by atoms with Crippen molar-refractivity contribution in [2.24, 2.45) is 11.7 Å². The third kappa shape index (κ3) is 3.26. The first kappa shape index (κ1) is 16.4. The number of nitrogens with two attached hydrogens (primary N) is 1. The Balaban J connectivity index is 0.00000200. The van der Waals surface area contributed by atoms with Gasteiger partial charge in [0, 0.05) is 30.3 Å². The first-order valence-electron chi connectivity index (χ1n) is 6.28. The van der Waals surface area contributed by atoms with Crippen LogP contribution in [0.5, 0.6) is 0 Å². The van der Waals surface area contributed by atoms with E-state index in [1.165, 1.54) is 24.3 Å². The van der Waals surface area contributed by atoms with Gasteiger partial charge in [-0.1, -0.05) is 0 Å². The summed E-state index contributed by atoms with van der Waals surface area (Å²) in [6.07, 6.45) is 0.912. The fourth-order valence-electron chi connectivity index (χ4n) is 2.49. The molecule has 0 spiro atoms. The molecule has 0 aliphatic carbocycles. The summed E-state index contributed by atoms with van der Waals surface area (Å²) in [5, 5.41) is 10.6. The van der Waals surface area contributed by atoms with Crippen LogP contribution in [0.4, 0.5) is 5.69 Å². The summed E-state index contributed by atoms with van der Waals surface area (Å²) in [7, 11) is 0. The lowest BCUT2D eigenvalue weighted by Crippen LogP contribution is -2.34. The van der Waals surface area contributed by atoms with Crippen LogP contribution in [-0.2, 0) is 0 Å². The van der Waals surface area contributed by atoms with Crippen LogP contribution in [0.15, 0.2) is 24.3 Å². The van der Waals surface area contributed by atoms with Crippen molar-refractivity contribution < 1.29 is 9.72 Å². The van der Waals surface area contributed by atoms with Crippen LogP contribution in [0.25, 0.3) is 0 Å². The molecule has 20 heavy (non-hydrogen) atoms. The topological polar surface area (TPSA) is 89.5 Å². The van der Waals surface area contributed by atoms with Gasteiger partial charge in [-0.25, -0.2) is 0 Å². The van der Waals surface area contributed by atoms with Gasteiger partial charge in [-0.15, -0.1) is 12.4 Å². The molecular weight excluding hydrogens is 282 g/mol. The molecule has 1 fully saturated rings. The number of nitro groups is 1. The number of amides is 1. The lowest BCUT2D eigenvalue weighted by molar-refractivity contribution is -0.384. The number of likely N-dealkylation sites (tertiary alicyclic amines) is 1. The second kappa shape index (κ2) is 6.67. The Bertz CT molecular complexity index is 492. The van der Waals surface area contributed by atoms with E-state index in [2.05, 4.69) is 0 Å². The van der Waals surface area contributed by atoms with Crippen LogP contribution >= 0.6 is 12.4 Å². The molecule has 2 N–H and O–H groups in total. The largest absolute Gasteiger partial charge is 0.336 e. The number of benzene rings is 1. The van der Waals surface area contributed by atoms with E-state index in [0.717, 1.165) is 6.42 Å². The van der Waals surface area contributed by atoms with Gasteiger partial charge in [0.15, 0.2) is 0 Å². The van der Waals surface area contributed by atoms with E-state index in [0.29, 0.717) is 24.6 Å². The van der Waals surface area contributed by atoms with Crippen molar-refractivity contribution in [2.45, 2.75) is 19.4 Å². The van der Waals surface area contributed by atoms with E-state index < -0.39 is 4.92 Å². The first-order chi connectivity index (χ1) is 9.02. The zero-order valence-corrected chi connectivity index (χ0v) is 12.0. The Morgan fingerprint density at radius 1 is 1.45 bits per heavy atom.